The molecule has 0 saturated heterocycles. The van der Waals surface area contributed by atoms with E-state index in [4.69, 9.17) is 0 Å². The Morgan fingerprint density at radius 3 is 2.77 bits per heavy atom. The monoisotopic (exact) mass is 307 g/mol. The van der Waals surface area contributed by atoms with E-state index in [2.05, 4.69) is 25.1 Å². The zero-order valence-electron chi connectivity index (χ0n) is 14.4. The molecule has 1 fully saturated rings. The van der Waals surface area contributed by atoms with Crippen LogP contribution in [0.5, 0.6) is 0 Å². The van der Waals surface area contributed by atoms with Crippen LogP contribution in [0.4, 0.5) is 0 Å². The lowest BCUT2D eigenvalue weighted by atomic mass is 9.88. The molecule has 0 aliphatic heterocycles. The molecule has 2 aliphatic rings. The van der Waals surface area contributed by atoms with E-state index in [-0.39, 0.29) is 12.0 Å². The normalized spacial score (nSPS) is 32.7. The van der Waals surface area contributed by atoms with Crippen LogP contribution in [0.25, 0.3) is 0 Å². The lowest BCUT2D eigenvalue weighted by molar-refractivity contribution is 0.140. The number of allylic oxidation sites excluding steroid dienone is 2. The van der Waals surface area contributed by atoms with Crippen molar-refractivity contribution >= 4 is 0 Å². The first-order valence-electron chi connectivity index (χ1n) is 8.86. The Labute approximate surface area is 135 Å². The van der Waals surface area contributed by atoms with Gasteiger partial charge in [-0.1, -0.05) is 30.2 Å². The first kappa shape index (κ1) is 17.7. The maximum Gasteiger partial charge on any atom is 0.0692 e. The topological polar surface area (TPSA) is 43.7 Å². The first-order chi connectivity index (χ1) is 10.5. The molecule has 0 unspecified atom stereocenters. The molecular formula is C19H33NO2. The maximum absolute atomic E-state index is 10.2. The maximum atomic E-state index is 10.2. The lowest BCUT2D eigenvalue weighted by Crippen LogP contribution is -2.17. The third-order valence-electron chi connectivity index (χ3n) is 5.17. The largest absolute Gasteiger partial charge is 0.392 e. The van der Waals surface area contributed by atoms with Crippen molar-refractivity contribution in [3.05, 3.63) is 23.8 Å². The fourth-order valence-corrected chi connectivity index (χ4v) is 4.04. The van der Waals surface area contributed by atoms with Crippen LogP contribution < -0.4 is 0 Å². The average Bonchev–Trinajstić information content (AvgIpc) is 2.92. The van der Waals surface area contributed by atoms with Crippen molar-refractivity contribution in [1.29, 1.82) is 0 Å². The first-order valence-corrected chi connectivity index (χ1v) is 8.86. The smallest absolute Gasteiger partial charge is 0.0692 e. The van der Waals surface area contributed by atoms with Crippen LogP contribution in [0.1, 0.15) is 45.4 Å². The molecule has 0 spiro atoms. The van der Waals surface area contributed by atoms with Crippen LogP contribution in [-0.4, -0.2) is 48.0 Å². The molecule has 2 rings (SSSR count). The predicted octanol–water partition coefficient (Wildman–Crippen LogP) is 2.99. The fourth-order valence-electron chi connectivity index (χ4n) is 4.04. The highest BCUT2D eigenvalue weighted by Gasteiger charge is 2.43. The van der Waals surface area contributed by atoms with Crippen molar-refractivity contribution in [3.8, 4) is 0 Å². The van der Waals surface area contributed by atoms with Gasteiger partial charge >= 0.3 is 0 Å². The van der Waals surface area contributed by atoms with Gasteiger partial charge in [-0.25, -0.2) is 0 Å². The molecule has 3 nitrogen and oxygen atoms in total. The Morgan fingerprint density at radius 1 is 1.32 bits per heavy atom. The molecule has 0 aromatic heterocycles. The molecule has 2 N–H and O–H groups in total. The van der Waals surface area contributed by atoms with Crippen LogP contribution in [0.15, 0.2) is 23.8 Å². The minimum Gasteiger partial charge on any atom is -0.392 e. The third-order valence-corrected chi connectivity index (χ3v) is 5.17. The van der Waals surface area contributed by atoms with E-state index < -0.39 is 6.10 Å². The van der Waals surface area contributed by atoms with Crippen molar-refractivity contribution in [2.24, 2.45) is 17.8 Å². The van der Waals surface area contributed by atoms with E-state index >= 15 is 0 Å². The molecule has 0 amide bonds. The summed E-state index contributed by atoms with van der Waals surface area (Å²) in [5, 5.41) is 19.6. The van der Waals surface area contributed by atoms with Gasteiger partial charge in [0.2, 0.25) is 0 Å². The Hall–Kier alpha value is -0.640. The van der Waals surface area contributed by atoms with Gasteiger partial charge in [0.25, 0.3) is 0 Å². The molecule has 1 saturated carbocycles. The van der Waals surface area contributed by atoms with Gasteiger partial charge in [-0.3, -0.25) is 0 Å². The summed E-state index contributed by atoms with van der Waals surface area (Å²) in [6, 6.07) is 0. The van der Waals surface area contributed by atoms with Crippen LogP contribution in [0.2, 0.25) is 0 Å². The van der Waals surface area contributed by atoms with E-state index in [1.165, 1.54) is 32.2 Å². The number of rotatable bonds is 8. The van der Waals surface area contributed by atoms with Gasteiger partial charge in [0, 0.05) is 5.92 Å². The molecule has 0 heterocycles. The third kappa shape index (κ3) is 4.94. The van der Waals surface area contributed by atoms with Gasteiger partial charge in [0.15, 0.2) is 0 Å². The second kappa shape index (κ2) is 8.28. The molecule has 2 aliphatic carbocycles. The van der Waals surface area contributed by atoms with E-state index in [0.717, 1.165) is 12.8 Å². The predicted molar refractivity (Wildman–Crippen MR) is 91.6 cm³/mol. The van der Waals surface area contributed by atoms with E-state index in [1.807, 2.05) is 12.2 Å². The van der Waals surface area contributed by atoms with Crippen molar-refractivity contribution in [2.45, 2.75) is 57.7 Å². The van der Waals surface area contributed by atoms with Gasteiger partial charge in [-0.15, -0.1) is 0 Å². The van der Waals surface area contributed by atoms with Crippen molar-refractivity contribution < 1.29 is 10.2 Å². The van der Waals surface area contributed by atoms with E-state index in [9.17, 15) is 10.2 Å². The summed E-state index contributed by atoms with van der Waals surface area (Å²) in [7, 11) is 4.26. The summed E-state index contributed by atoms with van der Waals surface area (Å²) in [6.45, 7) is 2.95. The standard InChI is InChI=1S/C19H33NO2/c1-14(21)8-9-17-18-12-15(11-16(18)13-19(17)22)7-5-4-6-10-20(2)3/h8-9,11,14,16-19,21-22H,4-7,10,12-13H2,1-3H3/b9-8+/t14-,16-,17+,18-,19+/m0/s1. The summed E-state index contributed by atoms with van der Waals surface area (Å²) in [6.07, 6.45) is 12.8. The van der Waals surface area contributed by atoms with Gasteiger partial charge in [-0.2, -0.15) is 0 Å². The minimum absolute atomic E-state index is 0.224. The van der Waals surface area contributed by atoms with Gasteiger partial charge in [0.1, 0.15) is 0 Å². The van der Waals surface area contributed by atoms with Crippen molar-refractivity contribution in [2.75, 3.05) is 20.6 Å². The SMILES string of the molecule is C[C@H](O)/C=C/[C@@H]1[C@H]2CC(CCCCCN(C)C)=C[C@H]2C[C@H]1O. The highest BCUT2D eigenvalue weighted by atomic mass is 16.3. The second-order valence-corrected chi connectivity index (χ2v) is 7.48. The van der Waals surface area contributed by atoms with E-state index in [1.54, 1.807) is 12.5 Å². The molecule has 126 valence electrons. The summed E-state index contributed by atoms with van der Waals surface area (Å²) < 4.78 is 0. The molecule has 0 aromatic rings. The van der Waals surface area contributed by atoms with E-state index in [0.29, 0.717) is 11.8 Å². The highest BCUT2D eigenvalue weighted by molar-refractivity contribution is 5.20. The quantitative estimate of drug-likeness (QED) is 0.535. The van der Waals surface area contributed by atoms with Crippen molar-refractivity contribution in [1.82, 2.24) is 4.90 Å². The molecule has 5 atom stereocenters. The highest BCUT2D eigenvalue weighted by Crippen LogP contribution is 2.48. The van der Waals surface area contributed by atoms with Crippen LogP contribution in [0.3, 0.4) is 0 Å². The lowest BCUT2D eigenvalue weighted by Gasteiger charge is -2.18. The fraction of sp³-hybridized carbons (Fsp3) is 0.789. The second-order valence-electron chi connectivity index (χ2n) is 7.48. The van der Waals surface area contributed by atoms with Gasteiger partial charge < -0.3 is 15.1 Å². The summed E-state index contributed by atoms with van der Waals surface area (Å²) in [5.74, 6) is 1.33. The molecule has 0 aromatic carbocycles. The molecule has 0 radical (unpaired) electrons. The Bertz CT molecular complexity index is 400. The van der Waals surface area contributed by atoms with Crippen LogP contribution in [-0.2, 0) is 0 Å². The molecule has 0 bridgehead atoms. The average molecular weight is 307 g/mol. The number of unbranched alkanes of at least 4 members (excludes halogenated alkanes) is 2. The van der Waals surface area contributed by atoms with Crippen LogP contribution in [0, 0.1) is 17.8 Å². The number of aliphatic hydroxyl groups excluding tert-OH is 2. The molecule has 22 heavy (non-hydrogen) atoms. The number of fused-ring (bicyclic) bond motifs is 1. The summed E-state index contributed by atoms with van der Waals surface area (Å²) >= 11 is 0. The Balaban J connectivity index is 1.76. The number of aliphatic hydroxyl groups is 2. The van der Waals surface area contributed by atoms with Crippen molar-refractivity contribution in [3.63, 3.8) is 0 Å². The number of hydrogen-bond acceptors (Lipinski definition) is 3. The summed E-state index contributed by atoms with van der Waals surface area (Å²) in [5.41, 5.74) is 1.60. The zero-order chi connectivity index (χ0) is 16.1. The van der Waals surface area contributed by atoms with Gasteiger partial charge in [0.05, 0.1) is 12.2 Å². The Morgan fingerprint density at radius 2 is 2.09 bits per heavy atom. The summed E-state index contributed by atoms with van der Waals surface area (Å²) in [4.78, 5) is 2.25. The van der Waals surface area contributed by atoms with Gasteiger partial charge in [-0.05, 0) is 71.5 Å². The number of hydrogen-bond donors (Lipinski definition) is 2. The number of nitrogens with zero attached hydrogens (tertiary/aromatic N) is 1. The Kier molecular flexibility index (Phi) is 6.66. The molecule has 3 heteroatoms. The minimum atomic E-state index is -0.420. The van der Waals surface area contributed by atoms with Crippen LogP contribution >= 0.6 is 0 Å². The molecular weight excluding hydrogens is 274 g/mol. The zero-order valence-corrected chi connectivity index (χ0v) is 14.4.